The number of carbonyl (C=O) groups excluding carboxylic acids is 1. The number of rotatable bonds is 1. The maximum atomic E-state index is 11.9. The SMILES string of the molecule is C[C@H]1OC(=O)C2CC3C(O)CCCC3C(C(=O)O)C21.[Ac]. The van der Waals surface area contributed by atoms with Crippen LogP contribution in [0.5, 0.6) is 0 Å². The first kappa shape index (κ1) is 16.7. The molecule has 6 unspecified atom stereocenters. The van der Waals surface area contributed by atoms with E-state index in [1.54, 1.807) is 6.92 Å². The van der Waals surface area contributed by atoms with E-state index in [4.69, 9.17) is 4.74 Å². The third kappa shape index (κ3) is 2.57. The topological polar surface area (TPSA) is 83.8 Å². The van der Waals surface area contributed by atoms with Gasteiger partial charge in [-0.15, -0.1) is 0 Å². The predicted molar refractivity (Wildman–Crippen MR) is 65.1 cm³/mol. The number of aliphatic carboxylic acids is 1. The van der Waals surface area contributed by atoms with E-state index in [1.807, 2.05) is 0 Å². The minimum atomic E-state index is -0.844. The standard InChI is InChI=1S/C14H20O5.Ac/c1-6-11-9(14(18)19-6)5-8-7(12(11)13(16)17)3-2-4-10(8)15;/h6-12,15H,2-5H2,1H3,(H,16,17);/t6-,7?,8?,9?,10?,11?,12?;/m1./s1. The van der Waals surface area contributed by atoms with E-state index in [1.165, 1.54) is 0 Å². The third-order valence-corrected chi connectivity index (χ3v) is 5.38. The number of esters is 1. The van der Waals surface area contributed by atoms with Gasteiger partial charge in [0.2, 0.25) is 0 Å². The van der Waals surface area contributed by atoms with Crippen LogP contribution in [0.3, 0.4) is 0 Å². The molecule has 1 aliphatic heterocycles. The maximum absolute atomic E-state index is 11.9. The van der Waals surface area contributed by atoms with Crippen molar-refractivity contribution in [1.82, 2.24) is 0 Å². The zero-order chi connectivity index (χ0) is 13.7. The van der Waals surface area contributed by atoms with Crippen molar-refractivity contribution in [3.63, 3.8) is 0 Å². The Morgan fingerprint density at radius 3 is 2.65 bits per heavy atom. The summed E-state index contributed by atoms with van der Waals surface area (Å²) in [6, 6.07) is 0. The molecule has 109 valence electrons. The molecule has 0 spiro atoms. The summed E-state index contributed by atoms with van der Waals surface area (Å²) in [6.07, 6.45) is 2.22. The van der Waals surface area contributed by atoms with Crippen LogP contribution >= 0.6 is 0 Å². The molecule has 0 aromatic rings. The van der Waals surface area contributed by atoms with Gasteiger partial charge in [-0.3, -0.25) is 9.59 Å². The summed E-state index contributed by atoms with van der Waals surface area (Å²) in [7, 11) is 0. The zero-order valence-electron chi connectivity index (χ0n) is 11.6. The van der Waals surface area contributed by atoms with Crippen molar-refractivity contribution < 1.29 is 68.6 Å². The Bertz CT molecular complexity index is 412. The molecule has 3 aliphatic rings. The zero-order valence-corrected chi connectivity index (χ0v) is 16.3. The molecule has 0 bridgehead atoms. The van der Waals surface area contributed by atoms with Crippen LogP contribution in [0.25, 0.3) is 0 Å². The molecule has 5 nitrogen and oxygen atoms in total. The van der Waals surface area contributed by atoms with Crippen molar-refractivity contribution in [2.75, 3.05) is 0 Å². The molecule has 0 aromatic carbocycles. The van der Waals surface area contributed by atoms with Crippen molar-refractivity contribution in [1.29, 1.82) is 0 Å². The van der Waals surface area contributed by atoms with Gasteiger partial charge in [0.25, 0.3) is 0 Å². The Balaban J connectivity index is 0.00000147. The van der Waals surface area contributed by atoms with Gasteiger partial charge in [-0.25, -0.2) is 0 Å². The number of carbonyl (C=O) groups is 2. The number of carboxylic acids is 1. The normalized spacial score (nSPS) is 46.7. The summed E-state index contributed by atoms with van der Waals surface area (Å²) in [5, 5.41) is 19.7. The third-order valence-electron chi connectivity index (χ3n) is 5.38. The van der Waals surface area contributed by atoms with Crippen LogP contribution in [-0.2, 0) is 14.3 Å². The largest absolute Gasteiger partial charge is 0.481 e. The Labute approximate surface area is 154 Å². The first-order valence-corrected chi connectivity index (χ1v) is 7.12. The van der Waals surface area contributed by atoms with Crippen molar-refractivity contribution in [3.8, 4) is 0 Å². The summed E-state index contributed by atoms with van der Waals surface area (Å²) < 4.78 is 5.25. The average molecular weight is 495 g/mol. The summed E-state index contributed by atoms with van der Waals surface area (Å²) in [6.45, 7) is 1.79. The second-order valence-corrected chi connectivity index (χ2v) is 6.25. The molecule has 2 saturated carbocycles. The molecule has 1 radical (unpaired) electrons. The van der Waals surface area contributed by atoms with E-state index in [0.29, 0.717) is 6.42 Å². The Hall–Kier alpha value is 0.342. The van der Waals surface area contributed by atoms with Gasteiger partial charge < -0.3 is 14.9 Å². The van der Waals surface area contributed by atoms with Gasteiger partial charge in [0, 0.05) is 50.0 Å². The molecule has 1 saturated heterocycles. The molecule has 3 fully saturated rings. The monoisotopic (exact) mass is 495 g/mol. The smallest absolute Gasteiger partial charge is 0.309 e. The van der Waals surface area contributed by atoms with Gasteiger partial charge in [0.15, 0.2) is 0 Å². The average Bonchev–Trinajstić information content (AvgIpc) is 2.63. The van der Waals surface area contributed by atoms with Gasteiger partial charge in [0.1, 0.15) is 6.10 Å². The van der Waals surface area contributed by atoms with Crippen LogP contribution in [0.2, 0.25) is 0 Å². The van der Waals surface area contributed by atoms with E-state index in [0.717, 1.165) is 19.3 Å². The van der Waals surface area contributed by atoms with Crippen LogP contribution in [-0.4, -0.2) is 34.4 Å². The number of hydrogen-bond acceptors (Lipinski definition) is 4. The van der Waals surface area contributed by atoms with E-state index in [-0.39, 0.29) is 79.8 Å². The van der Waals surface area contributed by atoms with E-state index in [9.17, 15) is 19.8 Å². The van der Waals surface area contributed by atoms with Crippen LogP contribution in [0.15, 0.2) is 0 Å². The number of aliphatic hydroxyl groups is 1. The van der Waals surface area contributed by atoms with E-state index in [2.05, 4.69) is 0 Å². The number of cyclic esters (lactones) is 1. The van der Waals surface area contributed by atoms with Gasteiger partial charge in [-0.05, 0) is 38.0 Å². The molecule has 0 aromatic heterocycles. The minimum absolute atomic E-state index is 0. The van der Waals surface area contributed by atoms with Crippen LogP contribution in [0, 0.1) is 73.7 Å². The van der Waals surface area contributed by atoms with Gasteiger partial charge in [-0.2, -0.15) is 0 Å². The fraction of sp³-hybridized carbons (Fsp3) is 0.857. The number of carboxylic acid groups (broad SMARTS) is 1. The first-order chi connectivity index (χ1) is 9.00. The molecule has 7 atom stereocenters. The second kappa shape index (κ2) is 6.22. The predicted octanol–water partition coefficient (Wildman–Crippen LogP) is 1.05. The molecular weight excluding hydrogens is 475 g/mol. The Kier molecular flexibility index (Phi) is 5.20. The molecule has 2 N–H and O–H groups in total. The van der Waals surface area contributed by atoms with Crippen LogP contribution < -0.4 is 0 Å². The molecule has 3 rings (SSSR count). The fourth-order valence-electron chi connectivity index (χ4n) is 4.61. The summed E-state index contributed by atoms with van der Waals surface area (Å²) in [5.74, 6) is -2.32. The number of hydrogen-bond donors (Lipinski definition) is 2. The maximum Gasteiger partial charge on any atom is 0.309 e. The van der Waals surface area contributed by atoms with Crippen molar-refractivity contribution in [2.24, 2.45) is 29.6 Å². The van der Waals surface area contributed by atoms with Crippen LogP contribution in [0.1, 0.15) is 32.6 Å². The van der Waals surface area contributed by atoms with Crippen molar-refractivity contribution in [3.05, 3.63) is 0 Å². The Morgan fingerprint density at radius 2 is 2.00 bits per heavy atom. The Morgan fingerprint density at radius 1 is 1.30 bits per heavy atom. The fourth-order valence-corrected chi connectivity index (χ4v) is 4.61. The van der Waals surface area contributed by atoms with Crippen molar-refractivity contribution >= 4 is 11.9 Å². The van der Waals surface area contributed by atoms with Crippen molar-refractivity contribution in [2.45, 2.75) is 44.8 Å². The molecule has 0 amide bonds. The quantitative estimate of drug-likeness (QED) is 0.532. The minimum Gasteiger partial charge on any atom is -0.481 e. The van der Waals surface area contributed by atoms with Gasteiger partial charge in [0.05, 0.1) is 17.9 Å². The molecule has 2 aliphatic carbocycles. The number of fused-ring (bicyclic) bond motifs is 2. The second-order valence-electron chi connectivity index (χ2n) is 6.25. The number of aliphatic hydroxyl groups excluding tert-OH is 1. The molecular formula is C14H20AcO5. The number of ether oxygens (including phenoxy) is 1. The summed E-state index contributed by atoms with van der Waals surface area (Å²) in [4.78, 5) is 23.5. The molecule has 20 heavy (non-hydrogen) atoms. The molecule has 6 heteroatoms. The molecule has 1 heterocycles. The van der Waals surface area contributed by atoms with Crippen LogP contribution in [0.4, 0.5) is 0 Å². The van der Waals surface area contributed by atoms with Gasteiger partial charge in [-0.1, -0.05) is 6.42 Å². The summed E-state index contributed by atoms with van der Waals surface area (Å²) in [5.41, 5.74) is 0. The van der Waals surface area contributed by atoms with E-state index < -0.39 is 18.0 Å². The summed E-state index contributed by atoms with van der Waals surface area (Å²) >= 11 is 0. The first-order valence-electron chi connectivity index (χ1n) is 7.12. The van der Waals surface area contributed by atoms with E-state index >= 15 is 0 Å². The van der Waals surface area contributed by atoms with Gasteiger partial charge >= 0.3 is 11.9 Å².